The summed E-state index contributed by atoms with van der Waals surface area (Å²) in [6, 6.07) is 21.0. The monoisotopic (exact) mass is 580 g/mol. The summed E-state index contributed by atoms with van der Waals surface area (Å²) in [5, 5.41) is 4.58. The molecule has 0 radical (unpaired) electrons. The van der Waals surface area contributed by atoms with E-state index in [0.29, 0.717) is 11.7 Å². The van der Waals surface area contributed by atoms with Gasteiger partial charge in [-0.25, -0.2) is 15.0 Å². The first kappa shape index (κ1) is 29.0. The third-order valence-corrected chi connectivity index (χ3v) is 8.63. The average Bonchev–Trinajstić information content (AvgIpc) is 3.47. The Hall–Kier alpha value is -4.50. The first-order valence-corrected chi connectivity index (χ1v) is 14.6. The molecule has 0 aliphatic heterocycles. The molecule has 1 atom stereocenters. The van der Waals surface area contributed by atoms with E-state index in [1.165, 1.54) is 20.9 Å². The number of rotatable bonds is 9. The number of benzene rings is 2. The van der Waals surface area contributed by atoms with Crippen LogP contribution in [-0.4, -0.2) is 54.0 Å². The third kappa shape index (κ3) is 6.06. The summed E-state index contributed by atoms with van der Waals surface area (Å²) in [6.07, 6.45) is 1.96. The number of carbonyl (C=O) groups excluding carboxylic acids is 1. The lowest BCUT2D eigenvalue weighted by atomic mass is 10.1. The number of hydrogen-bond acceptors (Lipinski definition) is 8. The second kappa shape index (κ2) is 12.2. The fourth-order valence-corrected chi connectivity index (χ4v) is 5.96. The van der Waals surface area contributed by atoms with Crippen LogP contribution in [-0.2, 0) is 11.2 Å². The summed E-state index contributed by atoms with van der Waals surface area (Å²) in [6.45, 7) is 6.22. The van der Waals surface area contributed by atoms with Crippen LogP contribution in [0.3, 0.4) is 0 Å². The fraction of sp³-hybridized carbons (Fsp3) is 0.273. The molecule has 1 amide bonds. The van der Waals surface area contributed by atoms with E-state index < -0.39 is 0 Å². The Morgan fingerprint density at radius 3 is 2.52 bits per heavy atom. The van der Waals surface area contributed by atoms with E-state index in [1.807, 2.05) is 37.1 Å². The van der Waals surface area contributed by atoms with Crippen molar-refractivity contribution in [3.8, 4) is 16.3 Å². The van der Waals surface area contributed by atoms with Crippen LogP contribution in [0.5, 0.6) is 5.88 Å². The van der Waals surface area contributed by atoms with Crippen molar-refractivity contribution in [2.75, 3.05) is 38.5 Å². The number of pyridine rings is 1. The maximum absolute atomic E-state index is 12.4. The van der Waals surface area contributed by atoms with E-state index in [0.717, 1.165) is 33.7 Å². The number of amides is 1. The maximum Gasteiger partial charge on any atom is 0.226 e. The Balaban J connectivity index is 1.45. The van der Waals surface area contributed by atoms with Gasteiger partial charge in [-0.3, -0.25) is 4.79 Å². The minimum absolute atomic E-state index is 0.0188. The second-order valence-electron chi connectivity index (χ2n) is 10.6. The molecule has 0 saturated carbocycles. The zero-order valence-corrected chi connectivity index (χ0v) is 25.9. The van der Waals surface area contributed by atoms with Gasteiger partial charge in [-0.1, -0.05) is 24.3 Å². The molecular weight excluding hydrogens is 544 g/mol. The van der Waals surface area contributed by atoms with Gasteiger partial charge in [-0.2, -0.15) is 0 Å². The van der Waals surface area contributed by atoms with Crippen LogP contribution in [0.1, 0.15) is 34.8 Å². The summed E-state index contributed by atoms with van der Waals surface area (Å²) in [7, 11) is 7.03. The molecule has 8 nitrogen and oxygen atoms in total. The minimum Gasteiger partial charge on any atom is -0.481 e. The lowest BCUT2D eigenvalue weighted by Crippen LogP contribution is -2.24. The standard InChI is InChI=1S/C33H36N6O2S/c1-20-10-8-9-11-26(20)30-15-14-29(42-30)21(2)35-32-27-18-24(12-13-28(27)36-22(3)37-32)39(6)25-16-23(17-31(40)38(4)5)33(41-7)34-19-25/h8-16,18-19,21H,17H2,1-7H3,(H,35,36,37)/t21-/m1/s1. The summed E-state index contributed by atoms with van der Waals surface area (Å²) in [5.74, 6) is 1.93. The molecule has 0 bridgehead atoms. The molecule has 3 aromatic heterocycles. The fourth-order valence-electron chi connectivity index (χ4n) is 4.86. The van der Waals surface area contributed by atoms with E-state index in [-0.39, 0.29) is 18.4 Å². The Morgan fingerprint density at radius 1 is 1.00 bits per heavy atom. The van der Waals surface area contributed by atoms with E-state index >= 15 is 0 Å². The van der Waals surface area contributed by atoms with Crippen molar-refractivity contribution in [1.29, 1.82) is 0 Å². The minimum atomic E-state index is -0.0188. The largest absolute Gasteiger partial charge is 0.481 e. The number of nitrogens with one attached hydrogen (secondary N) is 1. The number of thiophene rings is 1. The van der Waals surface area contributed by atoms with Crippen LogP contribution in [0.15, 0.2) is 66.9 Å². The van der Waals surface area contributed by atoms with Crippen molar-refractivity contribution < 1.29 is 9.53 Å². The average molecular weight is 581 g/mol. The van der Waals surface area contributed by atoms with Gasteiger partial charge in [0.05, 0.1) is 37.0 Å². The molecule has 1 N–H and O–H groups in total. The van der Waals surface area contributed by atoms with Gasteiger partial charge >= 0.3 is 0 Å². The van der Waals surface area contributed by atoms with Crippen LogP contribution in [0.2, 0.25) is 0 Å². The molecule has 42 heavy (non-hydrogen) atoms. The lowest BCUT2D eigenvalue weighted by Gasteiger charge is -2.22. The molecular formula is C33H36N6O2S. The van der Waals surface area contributed by atoms with Crippen molar-refractivity contribution in [2.45, 2.75) is 33.2 Å². The molecule has 2 aromatic carbocycles. The van der Waals surface area contributed by atoms with E-state index in [1.54, 1.807) is 43.6 Å². The molecule has 0 unspecified atom stereocenters. The molecule has 3 heterocycles. The van der Waals surface area contributed by atoms with Crippen molar-refractivity contribution in [1.82, 2.24) is 19.9 Å². The number of carbonyl (C=O) groups is 1. The number of ether oxygens (including phenoxy) is 1. The zero-order chi connectivity index (χ0) is 30.0. The first-order chi connectivity index (χ1) is 20.1. The van der Waals surface area contributed by atoms with Crippen molar-refractivity contribution in [3.05, 3.63) is 88.7 Å². The Bertz CT molecular complexity index is 1750. The smallest absolute Gasteiger partial charge is 0.226 e. The summed E-state index contributed by atoms with van der Waals surface area (Å²) < 4.78 is 5.43. The molecule has 0 aliphatic carbocycles. The Kier molecular flexibility index (Phi) is 8.40. The van der Waals surface area contributed by atoms with Gasteiger partial charge in [0, 0.05) is 47.5 Å². The van der Waals surface area contributed by atoms with E-state index in [2.05, 4.69) is 66.6 Å². The zero-order valence-electron chi connectivity index (χ0n) is 25.1. The van der Waals surface area contributed by atoms with Gasteiger partial charge in [-0.05, 0) is 68.3 Å². The predicted molar refractivity (Wildman–Crippen MR) is 172 cm³/mol. The Morgan fingerprint density at radius 2 is 1.79 bits per heavy atom. The molecule has 5 aromatic rings. The maximum atomic E-state index is 12.4. The molecule has 0 aliphatic rings. The van der Waals surface area contributed by atoms with Crippen molar-refractivity contribution >= 4 is 45.3 Å². The molecule has 5 rings (SSSR count). The van der Waals surface area contributed by atoms with Crippen LogP contribution in [0.25, 0.3) is 21.3 Å². The van der Waals surface area contributed by atoms with Crippen LogP contribution < -0.4 is 15.0 Å². The van der Waals surface area contributed by atoms with Gasteiger partial charge in [0.1, 0.15) is 11.6 Å². The summed E-state index contributed by atoms with van der Waals surface area (Å²) in [5.41, 5.74) is 5.92. The van der Waals surface area contributed by atoms with Gasteiger partial charge in [0.2, 0.25) is 11.8 Å². The number of aromatic nitrogens is 3. The van der Waals surface area contributed by atoms with Crippen molar-refractivity contribution in [2.24, 2.45) is 0 Å². The predicted octanol–water partition coefficient (Wildman–Crippen LogP) is 6.95. The van der Waals surface area contributed by atoms with Gasteiger partial charge in [0.15, 0.2) is 0 Å². The molecule has 9 heteroatoms. The number of nitrogens with zero attached hydrogens (tertiary/aromatic N) is 5. The lowest BCUT2D eigenvalue weighted by molar-refractivity contribution is -0.128. The summed E-state index contributed by atoms with van der Waals surface area (Å²) in [4.78, 5) is 32.5. The number of aryl methyl sites for hydroxylation is 2. The molecule has 0 spiro atoms. The highest BCUT2D eigenvalue weighted by atomic mass is 32.1. The highest BCUT2D eigenvalue weighted by Gasteiger charge is 2.17. The van der Waals surface area contributed by atoms with Gasteiger partial charge in [0.25, 0.3) is 0 Å². The number of methoxy groups -OCH3 is 1. The topological polar surface area (TPSA) is 83.5 Å². The molecule has 216 valence electrons. The molecule has 0 fully saturated rings. The van der Waals surface area contributed by atoms with E-state index in [4.69, 9.17) is 14.7 Å². The SMILES string of the molecule is COc1ncc(N(C)c2ccc3nc(C)nc(N[C@H](C)c4ccc(-c5ccccc5C)s4)c3c2)cc1CC(=O)N(C)C. The highest BCUT2D eigenvalue weighted by molar-refractivity contribution is 7.15. The van der Waals surface area contributed by atoms with Gasteiger partial charge in [-0.15, -0.1) is 11.3 Å². The normalized spacial score (nSPS) is 11.8. The van der Waals surface area contributed by atoms with Crippen LogP contribution >= 0.6 is 11.3 Å². The number of fused-ring (bicyclic) bond motifs is 1. The number of likely N-dealkylation sites (N-methyl/N-ethyl adjacent to an activating group) is 1. The Labute approximate surface area is 251 Å². The summed E-state index contributed by atoms with van der Waals surface area (Å²) >= 11 is 1.79. The highest BCUT2D eigenvalue weighted by Crippen LogP contribution is 2.36. The van der Waals surface area contributed by atoms with Crippen LogP contribution in [0, 0.1) is 13.8 Å². The second-order valence-corrected chi connectivity index (χ2v) is 11.7. The van der Waals surface area contributed by atoms with Gasteiger partial charge < -0.3 is 19.9 Å². The number of anilines is 3. The molecule has 0 saturated heterocycles. The quantitative estimate of drug-likeness (QED) is 0.202. The number of hydrogen-bond donors (Lipinski definition) is 1. The third-order valence-electron chi connectivity index (χ3n) is 7.33. The first-order valence-electron chi connectivity index (χ1n) is 13.8. The van der Waals surface area contributed by atoms with Crippen LogP contribution in [0.4, 0.5) is 17.2 Å². The van der Waals surface area contributed by atoms with E-state index in [9.17, 15) is 4.79 Å². The van der Waals surface area contributed by atoms with Crippen molar-refractivity contribution in [3.63, 3.8) is 0 Å².